The molecule has 0 unspecified atom stereocenters. The molecule has 1 N–H and O–H groups in total. The lowest BCUT2D eigenvalue weighted by Crippen LogP contribution is -2.30. The SMILES string of the molecule is COc1cccc(OC)c1C(=O)NCCCCCN1CCCCC1. The third kappa shape index (κ3) is 5.41. The average molecular weight is 334 g/mol. The van der Waals surface area contributed by atoms with Crippen molar-refractivity contribution in [3.63, 3.8) is 0 Å². The zero-order chi connectivity index (χ0) is 17.2. The molecule has 5 heteroatoms. The van der Waals surface area contributed by atoms with Gasteiger partial charge in [0, 0.05) is 6.54 Å². The molecule has 0 aliphatic carbocycles. The number of ether oxygens (including phenoxy) is 2. The number of methoxy groups -OCH3 is 2. The monoisotopic (exact) mass is 334 g/mol. The average Bonchev–Trinajstić information content (AvgIpc) is 2.64. The minimum atomic E-state index is -0.139. The number of nitrogens with zero attached hydrogens (tertiary/aromatic N) is 1. The predicted molar refractivity (Wildman–Crippen MR) is 96.0 cm³/mol. The fourth-order valence-corrected chi connectivity index (χ4v) is 3.19. The van der Waals surface area contributed by atoms with E-state index < -0.39 is 0 Å². The first-order chi connectivity index (χ1) is 11.8. The van der Waals surface area contributed by atoms with Gasteiger partial charge >= 0.3 is 0 Å². The van der Waals surface area contributed by atoms with E-state index in [9.17, 15) is 4.79 Å². The van der Waals surface area contributed by atoms with Crippen molar-refractivity contribution >= 4 is 5.91 Å². The van der Waals surface area contributed by atoms with Gasteiger partial charge in [-0.3, -0.25) is 4.79 Å². The molecular formula is C19H30N2O3. The van der Waals surface area contributed by atoms with Crippen molar-refractivity contribution in [2.24, 2.45) is 0 Å². The van der Waals surface area contributed by atoms with E-state index >= 15 is 0 Å². The van der Waals surface area contributed by atoms with Gasteiger partial charge in [-0.2, -0.15) is 0 Å². The van der Waals surface area contributed by atoms with E-state index in [2.05, 4.69) is 10.2 Å². The van der Waals surface area contributed by atoms with Gasteiger partial charge < -0.3 is 19.7 Å². The van der Waals surface area contributed by atoms with Crippen LogP contribution in [0.5, 0.6) is 11.5 Å². The Balaban J connectivity index is 1.69. The number of carbonyl (C=O) groups excluding carboxylic acids is 1. The van der Waals surface area contributed by atoms with Crippen molar-refractivity contribution in [1.82, 2.24) is 10.2 Å². The molecule has 134 valence electrons. The molecule has 0 saturated carbocycles. The quantitative estimate of drug-likeness (QED) is 0.705. The second-order valence-electron chi connectivity index (χ2n) is 6.26. The van der Waals surface area contributed by atoms with Crippen LogP contribution in [0.4, 0.5) is 0 Å². The van der Waals surface area contributed by atoms with Crippen molar-refractivity contribution in [2.45, 2.75) is 38.5 Å². The van der Waals surface area contributed by atoms with Gasteiger partial charge in [0.25, 0.3) is 5.91 Å². The molecule has 1 fully saturated rings. The van der Waals surface area contributed by atoms with Crippen LogP contribution in [0, 0.1) is 0 Å². The zero-order valence-electron chi connectivity index (χ0n) is 15.0. The standard InChI is InChI=1S/C19H30N2O3/c1-23-16-10-9-11-17(24-2)18(16)19(22)20-12-5-3-6-13-21-14-7-4-8-15-21/h9-11H,3-8,12-15H2,1-2H3,(H,20,22). The fraction of sp³-hybridized carbons (Fsp3) is 0.632. The molecule has 2 rings (SSSR count). The first-order valence-electron chi connectivity index (χ1n) is 8.98. The summed E-state index contributed by atoms with van der Waals surface area (Å²) < 4.78 is 10.5. The number of piperidine rings is 1. The summed E-state index contributed by atoms with van der Waals surface area (Å²) in [6.07, 6.45) is 7.41. The molecule has 1 aliphatic heterocycles. The molecule has 1 heterocycles. The van der Waals surface area contributed by atoms with Crippen molar-refractivity contribution in [3.8, 4) is 11.5 Å². The molecule has 0 bridgehead atoms. The van der Waals surface area contributed by atoms with Gasteiger partial charge in [0.05, 0.1) is 14.2 Å². The van der Waals surface area contributed by atoms with Crippen molar-refractivity contribution in [2.75, 3.05) is 40.4 Å². The number of nitrogens with one attached hydrogen (secondary N) is 1. The summed E-state index contributed by atoms with van der Waals surface area (Å²) in [5, 5.41) is 2.97. The van der Waals surface area contributed by atoms with E-state index in [-0.39, 0.29) is 5.91 Å². The zero-order valence-corrected chi connectivity index (χ0v) is 15.0. The topological polar surface area (TPSA) is 50.8 Å². The van der Waals surface area contributed by atoms with Gasteiger partial charge in [-0.25, -0.2) is 0 Å². The Hall–Kier alpha value is -1.75. The van der Waals surface area contributed by atoms with Gasteiger partial charge in [-0.05, 0) is 57.5 Å². The number of hydrogen-bond acceptors (Lipinski definition) is 4. The largest absolute Gasteiger partial charge is 0.496 e. The summed E-state index contributed by atoms with van der Waals surface area (Å²) >= 11 is 0. The maximum atomic E-state index is 12.4. The van der Waals surface area contributed by atoms with Crippen molar-refractivity contribution in [3.05, 3.63) is 23.8 Å². The fourth-order valence-electron chi connectivity index (χ4n) is 3.19. The lowest BCUT2D eigenvalue weighted by Gasteiger charge is -2.26. The molecule has 0 aromatic heterocycles. The van der Waals surface area contributed by atoms with Crippen LogP contribution < -0.4 is 14.8 Å². The molecule has 1 aliphatic rings. The predicted octanol–water partition coefficient (Wildman–Crippen LogP) is 3.09. The molecule has 0 radical (unpaired) electrons. The van der Waals surface area contributed by atoms with Crippen LogP contribution in [-0.4, -0.2) is 51.2 Å². The Morgan fingerprint density at radius 3 is 2.33 bits per heavy atom. The summed E-state index contributed by atoms with van der Waals surface area (Å²) in [4.78, 5) is 15.0. The van der Waals surface area contributed by atoms with Gasteiger partial charge in [-0.1, -0.05) is 18.9 Å². The number of rotatable bonds is 9. The van der Waals surface area contributed by atoms with Gasteiger partial charge in [0.1, 0.15) is 17.1 Å². The molecule has 0 atom stereocenters. The first kappa shape index (κ1) is 18.6. The highest BCUT2D eigenvalue weighted by Gasteiger charge is 2.17. The second-order valence-corrected chi connectivity index (χ2v) is 6.26. The van der Waals surface area contributed by atoms with Gasteiger partial charge in [0.15, 0.2) is 0 Å². The number of carbonyl (C=O) groups is 1. The summed E-state index contributed by atoms with van der Waals surface area (Å²) in [6, 6.07) is 5.36. The highest BCUT2D eigenvalue weighted by Crippen LogP contribution is 2.27. The van der Waals surface area contributed by atoms with Crippen LogP contribution in [0.25, 0.3) is 0 Å². The number of benzene rings is 1. The third-order valence-corrected chi connectivity index (χ3v) is 4.54. The van der Waals surface area contributed by atoms with Crippen molar-refractivity contribution < 1.29 is 14.3 Å². The number of hydrogen-bond donors (Lipinski definition) is 1. The molecular weight excluding hydrogens is 304 g/mol. The Kier molecular flexibility index (Phi) is 7.89. The van der Waals surface area contributed by atoms with E-state index in [0.29, 0.717) is 23.6 Å². The lowest BCUT2D eigenvalue weighted by atomic mass is 10.1. The highest BCUT2D eigenvalue weighted by atomic mass is 16.5. The van der Waals surface area contributed by atoms with E-state index in [1.807, 2.05) is 6.07 Å². The van der Waals surface area contributed by atoms with E-state index in [4.69, 9.17) is 9.47 Å². The smallest absolute Gasteiger partial charge is 0.258 e. The Morgan fingerprint density at radius 2 is 1.71 bits per heavy atom. The van der Waals surface area contributed by atoms with E-state index in [0.717, 1.165) is 12.8 Å². The summed E-state index contributed by atoms with van der Waals surface area (Å²) in [5.74, 6) is 0.939. The number of amides is 1. The second kappa shape index (κ2) is 10.2. The maximum Gasteiger partial charge on any atom is 0.258 e. The Morgan fingerprint density at radius 1 is 1.04 bits per heavy atom. The summed E-state index contributed by atoms with van der Waals surface area (Å²) in [6.45, 7) is 4.38. The van der Waals surface area contributed by atoms with E-state index in [1.54, 1.807) is 26.4 Å². The van der Waals surface area contributed by atoms with Crippen molar-refractivity contribution in [1.29, 1.82) is 0 Å². The normalized spacial score (nSPS) is 15.1. The van der Waals surface area contributed by atoms with Gasteiger partial charge in [-0.15, -0.1) is 0 Å². The van der Waals surface area contributed by atoms with Crippen LogP contribution in [0.3, 0.4) is 0 Å². The van der Waals surface area contributed by atoms with Crippen LogP contribution in [0.1, 0.15) is 48.9 Å². The van der Waals surface area contributed by atoms with Crippen LogP contribution in [-0.2, 0) is 0 Å². The Bertz CT molecular complexity index is 491. The molecule has 5 nitrogen and oxygen atoms in total. The highest BCUT2D eigenvalue weighted by molar-refractivity contribution is 5.99. The van der Waals surface area contributed by atoms with Crippen LogP contribution in [0.15, 0.2) is 18.2 Å². The summed E-state index contributed by atoms with van der Waals surface area (Å²) in [7, 11) is 3.12. The van der Waals surface area contributed by atoms with E-state index in [1.165, 1.54) is 45.3 Å². The molecule has 1 aromatic carbocycles. The lowest BCUT2D eigenvalue weighted by molar-refractivity contribution is 0.0946. The van der Waals surface area contributed by atoms with Gasteiger partial charge in [0.2, 0.25) is 0 Å². The Labute approximate surface area is 145 Å². The number of likely N-dealkylation sites (tertiary alicyclic amines) is 1. The van der Waals surface area contributed by atoms with Crippen LogP contribution >= 0.6 is 0 Å². The molecule has 1 aromatic rings. The van der Waals surface area contributed by atoms with Crippen LogP contribution in [0.2, 0.25) is 0 Å². The minimum absolute atomic E-state index is 0.139. The number of unbranched alkanes of at least 4 members (excludes halogenated alkanes) is 2. The minimum Gasteiger partial charge on any atom is -0.496 e. The molecule has 1 saturated heterocycles. The first-order valence-corrected chi connectivity index (χ1v) is 8.98. The molecule has 24 heavy (non-hydrogen) atoms. The maximum absolute atomic E-state index is 12.4. The molecule has 0 spiro atoms. The third-order valence-electron chi connectivity index (χ3n) is 4.54. The summed E-state index contributed by atoms with van der Waals surface area (Å²) in [5.41, 5.74) is 0.468. The molecule has 1 amide bonds.